The topological polar surface area (TPSA) is 131 Å². The first-order chi connectivity index (χ1) is 10.4. The quantitative estimate of drug-likeness (QED) is 0.313. The molecule has 2 aromatic carbocycles. The van der Waals surface area contributed by atoms with E-state index in [4.69, 9.17) is 4.42 Å². The van der Waals surface area contributed by atoms with Crippen LogP contribution in [0.25, 0.3) is 22.3 Å². The van der Waals surface area contributed by atoms with Crippen LogP contribution in [0.4, 0.5) is 0 Å². The Balaban J connectivity index is 0.00000192. The maximum Gasteiger partial charge on any atom is 0.238 e. The molecule has 0 atom stereocenters. The van der Waals surface area contributed by atoms with Crippen molar-refractivity contribution in [3.05, 3.63) is 40.6 Å². The van der Waals surface area contributed by atoms with Crippen molar-refractivity contribution >= 4 is 11.0 Å². The molecule has 0 unspecified atom stereocenters. The number of benzene rings is 2. The summed E-state index contributed by atoms with van der Waals surface area (Å²) in [7, 11) is 0. The molecular weight excluding hydrogens is 388 g/mol. The summed E-state index contributed by atoms with van der Waals surface area (Å²) in [5.41, 5.74) is -0.890. The first-order valence-corrected chi connectivity index (χ1v) is 6.12. The van der Waals surface area contributed by atoms with Gasteiger partial charge in [-0.25, -0.2) is 0 Å². The molecule has 0 aliphatic carbocycles. The van der Waals surface area contributed by atoms with Gasteiger partial charge in [-0.1, -0.05) is 0 Å². The maximum absolute atomic E-state index is 12.1. The van der Waals surface area contributed by atoms with Crippen molar-refractivity contribution in [2.75, 3.05) is 0 Å². The van der Waals surface area contributed by atoms with Crippen LogP contribution in [-0.2, 0) is 21.1 Å². The van der Waals surface area contributed by atoms with Gasteiger partial charge in [0, 0.05) is 38.8 Å². The van der Waals surface area contributed by atoms with Crippen LogP contribution >= 0.6 is 0 Å². The minimum absolute atomic E-state index is 0. The zero-order chi connectivity index (χ0) is 16.0. The number of phenolic OH excluding ortho intramolecular Hbond substituents is 4. The third kappa shape index (κ3) is 2.71. The number of hydrogen-bond donors (Lipinski definition) is 5. The molecule has 0 bridgehead atoms. The average molecular weight is 398 g/mol. The van der Waals surface area contributed by atoms with Gasteiger partial charge in [-0.05, 0) is 18.2 Å². The Morgan fingerprint density at radius 1 is 0.826 bits per heavy atom. The Morgan fingerprint density at radius 2 is 1.52 bits per heavy atom. The summed E-state index contributed by atoms with van der Waals surface area (Å²) in [6.07, 6.45) is 0. The van der Waals surface area contributed by atoms with Crippen molar-refractivity contribution in [2.45, 2.75) is 0 Å². The first kappa shape index (κ1) is 16.7. The van der Waals surface area contributed by atoms with Crippen molar-refractivity contribution in [1.29, 1.82) is 0 Å². The molecule has 3 aromatic rings. The smallest absolute Gasteiger partial charge is 0.238 e. The van der Waals surface area contributed by atoms with Gasteiger partial charge in [0.15, 0.2) is 17.3 Å². The number of hydrogen-bond acceptors (Lipinski definition) is 7. The van der Waals surface area contributed by atoms with E-state index in [1.54, 1.807) is 0 Å². The van der Waals surface area contributed by atoms with E-state index in [2.05, 4.69) is 0 Å². The largest absolute Gasteiger partial charge is 0.508 e. The Morgan fingerprint density at radius 3 is 2.17 bits per heavy atom. The summed E-state index contributed by atoms with van der Waals surface area (Å²) in [5.74, 6) is -2.71. The van der Waals surface area contributed by atoms with E-state index in [0.717, 1.165) is 24.3 Å². The number of fused-ring (bicyclic) bond motifs is 1. The number of rotatable bonds is 1. The van der Waals surface area contributed by atoms with Crippen molar-refractivity contribution in [1.82, 2.24) is 0 Å². The van der Waals surface area contributed by atoms with E-state index < -0.39 is 22.7 Å². The van der Waals surface area contributed by atoms with Crippen LogP contribution in [-0.4, -0.2) is 25.5 Å². The molecule has 1 heterocycles. The monoisotopic (exact) mass is 400 g/mol. The molecular formula is C15H10MoO7. The van der Waals surface area contributed by atoms with Crippen molar-refractivity contribution in [3.63, 3.8) is 0 Å². The molecule has 1 aromatic heterocycles. The van der Waals surface area contributed by atoms with Crippen molar-refractivity contribution < 1.29 is 51.0 Å². The third-order valence-corrected chi connectivity index (χ3v) is 3.17. The molecule has 0 fully saturated rings. The van der Waals surface area contributed by atoms with Gasteiger partial charge in [-0.3, -0.25) is 4.79 Å². The van der Waals surface area contributed by atoms with Crippen molar-refractivity contribution in [2.24, 2.45) is 0 Å². The van der Waals surface area contributed by atoms with Crippen LogP contribution in [0.3, 0.4) is 0 Å². The van der Waals surface area contributed by atoms with Gasteiger partial charge in [-0.2, -0.15) is 0 Å². The second-order valence-corrected chi connectivity index (χ2v) is 4.65. The Bertz CT molecular complexity index is 962. The molecule has 7 nitrogen and oxygen atoms in total. The molecule has 0 saturated heterocycles. The summed E-state index contributed by atoms with van der Waals surface area (Å²) in [5, 5.41) is 47.6. The molecule has 23 heavy (non-hydrogen) atoms. The summed E-state index contributed by atoms with van der Waals surface area (Å²) in [6.45, 7) is 0. The van der Waals surface area contributed by atoms with Crippen LogP contribution in [0.1, 0.15) is 0 Å². The van der Waals surface area contributed by atoms with Crippen molar-refractivity contribution in [3.8, 4) is 40.1 Å². The summed E-state index contributed by atoms with van der Waals surface area (Å²) >= 11 is 0. The molecule has 0 radical (unpaired) electrons. The summed E-state index contributed by atoms with van der Waals surface area (Å²) in [4.78, 5) is 12.1. The van der Waals surface area contributed by atoms with Crippen LogP contribution in [0.2, 0.25) is 0 Å². The van der Waals surface area contributed by atoms with Crippen LogP contribution in [0.5, 0.6) is 28.7 Å². The van der Waals surface area contributed by atoms with E-state index in [1.807, 2.05) is 0 Å². The molecule has 0 saturated carbocycles. The van der Waals surface area contributed by atoms with Gasteiger partial charge in [0.25, 0.3) is 0 Å². The predicted octanol–water partition coefficient (Wildman–Crippen LogP) is 1.99. The van der Waals surface area contributed by atoms with Crippen LogP contribution in [0, 0.1) is 0 Å². The third-order valence-electron chi connectivity index (χ3n) is 3.17. The Hall–Kier alpha value is -2.66. The normalized spacial score (nSPS) is 10.4. The van der Waals surface area contributed by atoms with Crippen LogP contribution < -0.4 is 5.43 Å². The molecule has 0 aliphatic rings. The SMILES string of the molecule is O=c1c(O)c(-c2ccc(O)c(O)c2)oc2cc(O)cc(O)c12.[Mo]. The van der Waals surface area contributed by atoms with Gasteiger partial charge in [0.05, 0.1) is 0 Å². The maximum atomic E-state index is 12.1. The first-order valence-electron chi connectivity index (χ1n) is 6.12. The second-order valence-electron chi connectivity index (χ2n) is 4.65. The minimum atomic E-state index is -0.888. The molecule has 0 aliphatic heterocycles. The van der Waals surface area contributed by atoms with Gasteiger partial charge in [-0.15, -0.1) is 0 Å². The van der Waals surface area contributed by atoms with E-state index >= 15 is 0 Å². The van der Waals surface area contributed by atoms with Gasteiger partial charge < -0.3 is 29.9 Å². The molecule has 3 rings (SSSR count). The number of aromatic hydroxyl groups is 5. The zero-order valence-corrected chi connectivity index (χ0v) is 13.4. The standard InChI is InChI=1S/C15H10O7.Mo/c16-7-4-10(19)12-11(5-7)22-15(14(21)13(12)20)6-1-2-8(17)9(18)3-6;/h1-5,16-19,21H;. The average Bonchev–Trinajstić information content (AvgIpc) is 2.45. The molecule has 5 N–H and O–H groups in total. The molecule has 118 valence electrons. The fraction of sp³-hybridized carbons (Fsp3) is 0. The van der Waals surface area contributed by atoms with E-state index in [9.17, 15) is 30.3 Å². The fourth-order valence-corrected chi connectivity index (χ4v) is 2.14. The van der Waals surface area contributed by atoms with Gasteiger partial charge in [0.2, 0.25) is 11.2 Å². The fourth-order valence-electron chi connectivity index (χ4n) is 2.14. The van der Waals surface area contributed by atoms with Crippen LogP contribution in [0.15, 0.2) is 39.5 Å². The van der Waals surface area contributed by atoms with Gasteiger partial charge in [0.1, 0.15) is 22.5 Å². The van der Waals surface area contributed by atoms with E-state index in [0.29, 0.717) is 0 Å². The van der Waals surface area contributed by atoms with Gasteiger partial charge >= 0.3 is 0 Å². The summed E-state index contributed by atoms with van der Waals surface area (Å²) < 4.78 is 5.35. The minimum Gasteiger partial charge on any atom is -0.508 e. The summed E-state index contributed by atoms with van der Waals surface area (Å²) in [6, 6.07) is 5.64. The zero-order valence-electron chi connectivity index (χ0n) is 11.3. The second kappa shape index (κ2) is 5.85. The molecule has 8 heteroatoms. The van der Waals surface area contributed by atoms with E-state index in [-0.39, 0.29) is 54.9 Å². The Labute approximate surface area is 142 Å². The number of phenols is 4. The molecule has 0 spiro atoms. The van der Waals surface area contributed by atoms with E-state index in [1.165, 1.54) is 6.07 Å². The molecule has 0 amide bonds. The Kier molecular flexibility index (Phi) is 4.25. The predicted molar refractivity (Wildman–Crippen MR) is 76.2 cm³/mol.